The minimum Gasteiger partial charge on any atom is -0.481 e. The highest BCUT2D eigenvalue weighted by molar-refractivity contribution is 5.92. The molecule has 0 spiro atoms. The van der Waals surface area contributed by atoms with Gasteiger partial charge in [-0.1, -0.05) is 67.6 Å². The molecular weight excluding hydrogens is 280 g/mol. The molecular formula is C18H18O4. The number of benzene rings is 2. The Bertz CT molecular complexity index is 610. The summed E-state index contributed by atoms with van der Waals surface area (Å²) in [6.45, 7) is 1.70. The monoisotopic (exact) mass is 298 g/mol. The van der Waals surface area contributed by atoms with Gasteiger partial charge in [-0.25, -0.2) is 0 Å². The summed E-state index contributed by atoms with van der Waals surface area (Å²) in [4.78, 5) is 24.0. The molecule has 0 saturated carbocycles. The first kappa shape index (κ1) is 15.8. The number of hydrogen-bond donors (Lipinski definition) is 2. The second kappa shape index (κ2) is 6.43. The number of aliphatic carboxylic acids is 2. The Hall–Kier alpha value is -2.62. The molecule has 4 heteroatoms. The molecule has 0 amide bonds. The van der Waals surface area contributed by atoms with Crippen LogP contribution in [0, 0.1) is 5.92 Å². The summed E-state index contributed by atoms with van der Waals surface area (Å²) in [5.41, 5.74) is -0.658. The lowest BCUT2D eigenvalue weighted by Crippen LogP contribution is -2.47. The molecule has 114 valence electrons. The predicted octanol–water partition coefficient (Wildman–Crippen LogP) is 3.17. The van der Waals surface area contributed by atoms with Crippen LogP contribution in [0.5, 0.6) is 0 Å². The number of hydrogen-bond acceptors (Lipinski definition) is 2. The molecule has 22 heavy (non-hydrogen) atoms. The summed E-state index contributed by atoms with van der Waals surface area (Å²) in [7, 11) is 0. The Labute approximate surface area is 129 Å². The zero-order valence-corrected chi connectivity index (χ0v) is 12.3. The normalized spacial score (nSPS) is 12.6. The Balaban J connectivity index is 2.82. The molecule has 0 radical (unpaired) electrons. The van der Waals surface area contributed by atoms with E-state index in [1.165, 1.54) is 0 Å². The summed E-state index contributed by atoms with van der Waals surface area (Å²) in [5, 5.41) is 19.6. The van der Waals surface area contributed by atoms with Crippen LogP contribution in [0.3, 0.4) is 0 Å². The molecule has 1 unspecified atom stereocenters. The van der Waals surface area contributed by atoms with Crippen LogP contribution in [0.15, 0.2) is 60.7 Å². The highest BCUT2D eigenvalue weighted by atomic mass is 16.4. The number of carboxylic acid groups (broad SMARTS) is 2. The molecule has 2 aromatic rings. The zero-order valence-electron chi connectivity index (χ0n) is 12.3. The van der Waals surface area contributed by atoms with Crippen molar-refractivity contribution < 1.29 is 19.8 Å². The molecule has 0 fully saturated rings. The third kappa shape index (κ3) is 2.48. The van der Waals surface area contributed by atoms with Crippen LogP contribution in [0.1, 0.15) is 24.5 Å². The van der Waals surface area contributed by atoms with Crippen molar-refractivity contribution in [1.29, 1.82) is 0 Å². The van der Waals surface area contributed by atoms with Crippen molar-refractivity contribution in [3.05, 3.63) is 71.8 Å². The molecule has 2 aromatic carbocycles. The van der Waals surface area contributed by atoms with Crippen molar-refractivity contribution >= 4 is 11.9 Å². The van der Waals surface area contributed by atoms with Gasteiger partial charge in [0.1, 0.15) is 5.41 Å². The van der Waals surface area contributed by atoms with Crippen molar-refractivity contribution in [2.75, 3.05) is 0 Å². The fraction of sp³-hybridized carbons (Fsp3) is 0.222. The fourth-order valence-electron chi connectivity index (χ4n) is 3.03. The SMILES string of the molecule is CCC(C(=O)O)C(C(=O)O)(c1ccccc1)c1ccccc1. The van der Waals surface area contributed by atoms with Crippen LogP contribution in [0.25, 0.3) is 0 Å². The standard InChI is InChI=1S/C18H18O4/c1-2-15(16(19)20)18(17(21)22,13-9-5-3-6-10-13)14-11-7-4-8-12-14/h3-12,15H,2H2,1H3,(H,19,20)(H,21,22). The first-order chi connectivity index (χ1) is 10.5. The molecule has 0 aromatic heterocycles. The maximum absolute atomic E-state index is 12.3. The van der Waals surface area contributed by atoms with Gasteiger partial charge in [-0.15, -0.1) is 0 Å². The van der Waals surface area contributed by atoms with Gasteiger partial charge in [-0.3, -0.25) is 9.59 Å². The second-order valence-electron chi connectivity index (χ2n) is 5.14. The van der Waals surface area contributed by atoms with E-state index in [-0.39, 0.29) is 6.42 Å². The Morgan fingerprint density at radius 2 is 1.32 bits per heavy atom. The quantitative estimate of drug-likeness (QED) is 0.859. The van der Waals surface area contributed by atoms with E-state index in [0.29, 0.717) is 11.1 Å². The van der Waals surface area contributed by atoms with Gasteiger partial charge in [-0.2, -0.15) is 0 Å². The lowest BCUT2D eigenvalue weighted by molar-refractivity contribution is -0.154. The Morgan fingerprint density at radius 1 is 0.909 bits per heavy atom. The molecule has 0 aliphatic carbocycles. The average Bonchev–Trinajstić information content (AvgIpc) is 2.53. The molecule has 4 nitrogen and oxygen atoms in total. The van der Waals surface area contributed by atoms with E-state index >= 15 is 0 Å². The Kier molecular flexibility index (Phi) is 4.61. The van der Waals surface area contributed by atoms with Gasteiger partial charge in [0.15, 0.2) is 0 Å². The van der Waals surface area contributed by atoms with E-state index < -0.39 is 23.3 Å². The molecule has 2 rings (SSSR count). The minimum absolute atomic E-state index is 0.214. The molecule has 0 aliphatic rings. The first-order valence-electron chi connectivity index (χ1n) is 7.12. The third-order valence-corrected chi connectivity index (χ3v) is 4.02. The first-order valence-corrected chi connectivity index (χ1v) is 7.12. The van der Waals surface area contributed by atoms with Crippen LogP contribution in [0.2, 0.25) is 0 Å². The molecule has 1 atom stereocenters. The van der Waals surface area contributed by atoms with Gasteiger partial charge in [0, 0.05) is 0 Å². The lowest BCUT2D eigenvalue weighted by atomic mass is 9.64. The van der Waals surface area contributed by atoms with E-state index in [0.717, 1.165) is 0 Å². The second-order valence-corrected chi connectivity index (χ2v) is 5.14. The van der Waals surface area contributed by atoms with Crippen LogP contribution >= 0.6 is 0 Å². The molecule has 0 saturated heterocycles. The minimum atomic E-state index is -1.61. The van der Waals surface area contributed by atoms with Crippen LogP contribution in [-0.2, 0) is 15.0 Å². The summed E-state index contributed by atoms with van der Waals surface area (Å²) < 4.78 is 0. The molecule has 0 bridgehead atoms. The lowest BCUT2D eigenvalue weighted by Gasteiger charge is -2.35. The molecule has 0 heterocycles. The topological polar surface area (TPSA) is 74.6 Å². The maximum atomic E-state index is 12.3. The predicted molar refractivity (Wildman–Crippen MR) is 82.7 cm³/mol. The van der Waals surface area contributed by atoms with Gasteiger partial charge >= 0.3 is 11.9 Å². The number of carbonyl (C=O) groups is 2. The van der Waals surface area contributed by atoms with E-state index in [2.05, 4.69) is 0 Å². The van der Waals surface area contributed by atoms with Crippen LogP contribution in [0.4, 0.5) is 0 Å². The van der Waals surface area contributed by atoms with E-state index in [1.54, 1.807) is 67.6 Å². The highest BCUT2D eigenvalue weighted by Gasteiger charge is 2.51. The average molecular weight is 298 g/mol. The van der Waals surface area contributed by atoms with E-state index in [1.807, 2.05) is 0 Å². The van der Waals surface area contributed by atoms with E-state index in [4.69, 9.17) is 0 Å². The molecule has 2 N–H and O–H groups in total. The summed E-state index contributed by atoms with van der Waals surface area (Å²) in [6, 6.07) is 17.2. The van der Waals surface area contributed by atoms with Gasteiger partial charge in [-0.05, 0) is 17.5 Å². The van der Waals surface area contributed by atoms with Gasteiger partial charge < -0.3 is 10.2 Å². The van der Waals surface area contributed by atoms with Gasteiger partial charge in [0.2, 0.25) is 0 Å². The number of carboxylic acids is 2. The van der Waals surface area contributed by atoms with Crippen molar-refractivity contribution in [2.45, 2.75) is 18.8 Å². The summed E-state index contributed by atoms with van der Waals surface area (Å²) in [6.07, 6.45) is 0.214. The smallest absolute Gasteiger partial charge is 0.319 e. The maximum Gasteiger partial charge on any atom is 0.319 e. The zero-order chi connectivity index (χ0) is 16.2. The summed E-state index contributed by atoms with van der Waals surface area (Å²) >= 11 is 0. The van der Waals surface area contributed by atoms with E-state index in [9.17, 15) is 19.8 Å². The Morgan fingerprint density at radius 3 is 1.59 bits per heavy atom. The summed E-state index contributed by atoms with van der Waals surface area (Å²) in [5.74, 6) is -3.33. The van der Waals surface area contributed by atoms with Crippen molar-refractivity contribution in [3.63, 3.8) is 0 Å². The third-order valence-electron chi connectivity index (χ3n) is 4.02. The van der Waals surface area contributed by atoms with Crippen molar-refractivity contribution in [3.8, 4) is 0 Å². The van der Waals surface area contributed by atoms with Crippen LogP contribution in [-0.4, -0.2) is 22.2 Å². The van der Waals surface area contributed by atoms with Gasteiger partial charge in [0.25, 0.3) is 0 Å². The van der Waals surface area contributed by atoms with Crippen LogP contribution < -0.4 is 0 Å². The highest BCUT2D eigenvalue weighted by Crippen LogP contribution is 2.41. The van der Waals surface area contributed by atoms with Crippen molar-refractivity contribution in [1.82, 2.24) is 0 Å². The fourth-order valence-corrected chi connectivity index (χ4v) is 3.03. The number of rotatable bonds is 6. The van der Waals surface area contributed by atoms with Gasteiger partial charge in [0.05, 0.1) is 5.92 Å². The largest absolute Gasteiger partial charge is 0.481 e. The van der Waals surface area contributed by atoms with Crippen molar-refractivity contribution in [2.24, 2.45) is 5.92 Å². The molecule has 0 aliphatic heterocycles.